The van der Waals surface area contributed by atoms with Gasteiger partial charge in [-0.25, -0.2) is 0 Å². The molecule has 4 atom stereocenters. The van der Waals surface area contributed by atoms with Gasteiger partial charge in [-0.05, 0) is 30.4 Å². The summed E-state index contributed by atoms with van der Waals surface area (Å²) >= 11 is 0. The summed E-state index contributed by atoms with van der Waals surface area (Å²) < 4.78 is 39.0. The lowest BCUT2D eigenvalue weighted by Gasteiger charge is -2.18. The molecule has 0 spiro atoms. The van der Waals surface area contributed by atoms with Crippen molar-refractivity contribution in [2.24, 2.45) is 23.7 Å². The monoisotopic (exact) mass is 364 g/mol. The van der Waals surface area contributed by atoms with Crippen LogP contribution in [0.4, 0.5) is 18.9 Å². The van der Waals surface area contributed by atoms with Crippen molar-refractivity contribution in [3.63, 3.8) is 0 Å². The topological polar surface area (TPSA) is 66.5 Å². The van der Waals surface area contributed by atoms with Gasteiger partial charge in [-0.1, -0.05) is 24.3 Å². The summed E-state index contributed by atoms with van der Waals surface area (Å²) in [6.45, 7) is -0.573. The normalized spacial score (nSPS) is 29.4. The molecule has 2 bridgehead atoms. The Morgan fingerprint density at radius 1 is 1.08 bits per heavy atom. The van der Waals surface area contributed by atoms with Crippen molar-refractivity contribution >= 4 is 23.4 Å². The number of hydrogen-bond acceptors (Lipinski definition) is 3. The van der Waals surface area contributed by atoms with Crippen molar-refractivity contribution in [3.05, 3.63) is 42.0 Å². The molecule has 0 aromatic heterocycles. The Labute approximate surface area is 146 Å². The minimum atomic E-state index is -4.62. The minimum Gasteiger partial charge on any atom is -0.324 e. The number of imide groups is 1. The highest BCUT2D eigenvalue weighted by Crippen LogP contribution is 2.52. The molecule has 136 valence electrons. The lowest BCUT2D eigenvalue weighted by Crippen LogP contribution is -2.39. The fourth-order valence-electron chi connectivity index (χ4n) is 4.29. The second-order valence-electron chi connectivity index (χ2n) is 6.85. The van der Waals surface area contributed by atoms with E-state index in [1.165, 1.54) is 12.1 Å². The number of carbonyl (C=O) groups is 3. The molecular weight excluding hydrogens is 349 g/mol. The molecule has 3 aliphatic rings. The van der Waals surface area contributed by atoms with Crippen molar-refractivity contribution in [1.29, 1.82) is 0 Å². The predicted molar refractivity (Wildman–Crippen MR) is 84.5 cm³/mol. The van der Waals surface area contributed by atoms with Gasteiger partial charge < -0.3 is 5.32 Å². The molecule has 1 aromatic carbocycles. The van der Waals surface area contributed by atoms with Crippen LogP contribution in [0, 0.1) is 23.7 Å². The molecule has 1 aromatic rings. The van der Waals surface area contributed by atoms with Gasteiger partial charge in [0.2, 0.25) is 17.7 Å². The van der Waals surface area contributed by atoms with Crippen LogP contribution >= 0.6 is 0 Å². The zero-order chi connectivity index (χ0) is 18.6. The number of allylic oxidation sites excluding steroid dienone is 2. The number of halogens is 3. The second-order valence-corrected chi connectivity index (χ2v) is 6.85. The van der Waals surface area contributed by atoms with E-state index in [0.717, 1.165) is 23.5 Å². The standard InChI is InChI=1S/C18H15F3N2O3/c19-18(20,21)11-3-1-2-4-12(11)22-13(24)8-23-16(25)14-9-5-6-10(7-9)15(14)17(23)26/h1-6,9-10,14-15H,7-8H2,(H,22,24)/t9-,10+,14+,15-. The summed E-state index contributed by atoms with van der Waals surface area (Å²) in [6, 6.07) is 4.57. The van der Waals surface area contributed by atoms with E-state index in [4.69, 9.17) is 0 Å². The maximum absolute atomic E-state index is 13.0. The van der Waals surface area contributed by atoms with Gasteiger partial charge in [0.15, 0.2) is 0 Å². The van der Waals surface area contributed by atoms with E-state index in [1.54, 1.807) is 0 Å². The highest BCUT2D eigenvalue weighted by atomic mass is 19.4. The maximum Gasteiger partial charge on any atom is 0.418 e. The number of rotatable bonds is 3. The van der Waals surface area contributed by atoms with E-state index in [-0.39, 0.29) is 11.8 Å². The maximum atomic E-state index is 13.0. The van der Waals surface area contributed by atoms with Gasteiger partial charge >= 0.3 is 6.18 Å². The Hall–Kier alpha value is -2.64. The number of nitrogens with one attached hydrogen (secondary N) is 1. The van der Waals surface area contributed by atoms with Crippen LogP contribution in [-0.2, 0) is 20.6 Å². The first-order valence-electron chi connectivity index (χ1n) is 8.27. The van der Waals surface area contributed by atoms with Crippen LogP contribution in [0.5, 0.6) is 0 Å². The minimum absolute atomic E-state index is 0.0143. The Morgan fingerprint density at radius 2 is 1.65 bits per heavy atom. The van der Waals surface area contributed by atoms with Crippen LogP contribution in [0.25, 0.3) is 0 Å². The van der Waals surface area contributed by atoms with Crippen LogP contribution in [0.1, 0.15) is 12.0 Å². The predicted octanol–water partition coefficient (Wildman–Crippen LogP) is 2.45. The van der Waals surface area contributed by atoms with Crippen molar-refractivity contribution < 1.29 is 27.6 Å². The number of para-hydroxylation sites is 1. The number of hydrogen-bond donors (Lipinski definition) is 1. The first kappa shape index (κ1) is 16.8. The number of likely N-dealkylation sites (tertiary alicyclic amines) is 1. The first-order valence-corrected chi connectivity index (χ1v) is 8.27. The number of carbonyl (C=O) groups excluding carboxylic acids is 3. The third-order valence-electron chi connectivity index (χ3n) is 5.37. The Kier molecular flexibility index (Phi) is 3.68. The van der Waals surface area contributed by atoms with Crippen molar-refractivity contribution in [2.75, 3.05) is 11.9 Å². The van der Waals surface area contributed by atoms with Gasteiger partial charge in [0.25, 0.3) is 0 Å². The zero-order valence-corrected chi connectivity index (χ0v) is 13.5. The van der Waals surface area contributed by atoms with E-state index >= 15 is 0 Å². The first-order chi connectivity index (χ1) is 12.3. The number of anilines is 1. The van der Waals surface area contributed by atoms with Gasteiger partial charge in [-0.15, -0.1) is 0 Å². The van der Waals surface area contributed by atoms with Crippen LogP contribution in [0.2, 0.25) is 0 Å². The summed E-state index contributed by atoms with van der Waals surface area (Å²) in [5, 5.41) is 2.17. The van der Waals surface area contributed by atoms with Gasteiger partial charge in [0.05, 0.1) is 23.1 Å². The van der Waals surface area contributed by atoms with Crippen molar-refractivity contribution in [3.8, 4) is 0 Å². The molecule has 1 saturated heterocycles. The van der Waals surface area contributed by atoms with Crippen LogP contribution in [-0.4, -0.2) is 29.2 Å². The Bertz CT molecular complexity index is 803. The summed E-state index contributed by atoms with van der Waals surface area (Å²) in [6.07, 6.45) is 0.0111. The van der Waals surface area contributed by atoms with Crippen LogP contribution in [0.15, 0.2) is 36.4 Å². The molecule has 4 rings (SSSR count). The third kappa shape index (κ3) is 2.51. The quantitative estimate of drug-likeness (QED) is 0.662. The van der Waals surface area contributed by atoms with E-state index in [9.17, 15) is 27.6 Å². The molecule has 1 N–H and O–H groups in total. The molecule has 5 nitrogen and oxygen atoms in total. The Balaban J connectivity index is 1.49. The van der Waals surface area contributed by atoms with Crippen molar-refractivity contribution in [2.45, 2.75) is 12.6 Å². The zero-order valence-electron chi connectivity index (χ0n) is 13.5. The van der Waals surface area contributed by atoms with Crippen LogP contribution < -0.4 is 5.32 Å². The molecule has 3 amide bonds. The number of amides is 3. The molecule has 1 heterocycles. The van der Waals surface area contributed by atoms with E-state index < -0.39 is 53.5 Å². The van der Waals surface area contributed by atoms with E-state index in [1.807, 2.05) is 12.2 Å². The van der Waals surface area contributed by atoms with E-state index in [2.05, 4.69) is 5.32 Å². The third-order valence-corrected chi connectivity index (χ3v) is 5.37. The molecule has 2 fully saturated rings. The fourth-order valence-corrected chi connectivity index (χ4v) is 4.29. The number of alkyl halides is 3. The van der Waals surface area contributed by atoms with Gasteiger partial charge in [-0.3, -0.25) is 19.3 Å². The summed E-state index contributed by atoms with van der Waals surface area (Å²) in [5.74, 6) is -2.49. The number of fused-ring (bicyclic) bond motifs is 5. The molecule has 0 radical (unpaired) electrons. The molecule has 1 saturated carbocycles. The fraction of sp³-hybridized carbons (Fsp3) is 0.389. The highest BCUT2D eigenvalue weighted by molar-refractivity contribution is 6.09. The lowest BCUT2D eigenvalue weighted by molar-refractivity contribution is -0.143. The largest absolute Gasteiger partial charge is 0.418 e. The second kappa shape index (κ2) is 5.69. The SMILES string of the molecule is O=C(CN1C(=O)[C@@H]2[C@H](C1=O)[C@H]1C=C[C@@H]2C1)Nc1ccccc1C(F)(F)F. The summed E-state index contributed by atoms with van der Waals surface area (Å²) in [5.41, 5.74) is -1.38. The summed E-state index contributed by atoms with van der Waals surface area (Å²) in [7, 11) is 0. The molecule has 26 heavy (non-hydrogen) atoms. The van der Waals surface area contributed by atoms with E-state index in [0.29, 0.717) is 0 Å². The van der Waals surface area contributed by atoms with Gasteiger partial charge in [-0.2, -0.15) is 13.2 Å². The summed E-state index contributed by atoms with van der Waals surface area (Å²) in [4.78, 5) is 38.1. The Morgan fingerprint density at radius 3 is 2.23 bits per heavy atom. The lowest BCUT2D eigenvalue weighted by atomic mass is 9.85. The molecule has 1 aliphatic heterocycles. The highest BCUT2D eigenvalue weighted by Gasteiger charge is 2.59. The average Bonchev–Trinajstić information content (AvgIpc) is 3.24. The number of benzene rings is 1. The van der Waals surface area contributed by atoms with Gasteiger partial charge in [0.1, 0.15) is 6.54 Å². The molecule has 8 heteroatoms. The molecule has 2 aliphatic carbocycles. The van der Waals surface area contributed by atoms with Crippen molar-refractivity contribution in [1.82, 2.24) is 4.90 Å². The molecular formula is C18H15F3N2O3. The van der Waals surface area contributed by atoms with Gasteiger partial charge in [0, 0.05) is 0 Å². The average molecular weight is 364 g/mol. The molecule has 0 unspecified atom stereocenters. The van der Waals surface area contributed by atoms with Crippen LogP contribution in [0.3, 0.4) is 0 Å². The number of nitrogens with zero attached hydrogens (tertiary/aromatic N) is 1. The smallest absolute Gasteiger partial charge is 0.324 e.